The smallest absolute Gasteiger partial charge is 0.222 e. The highest BCUT2D eigenvalue weighted by Crippen LogP contribution is 2.35. The van der Waals surface area contributed by atoms with Gasteiger partial charge < -0.3 is 19.9 Å². The maximum atomic E-state index is 12.8. The van der Waals surface area contributed by atoms with E-state index < -0.39 is 0 Å². The monoisotopic (exact) mass is 421 g/mol. The van der Waals surface area contributed by atoms with Crippen molar-refractivity contribution in [1.82, 2.24) is 10.2 Å². The lowest BCUT2D eigenvalue weighted by molar-refractivity contribution is -0.121. The van der Waals surface area contributed by atoms with Crippen LogP contribution in [-0.4, -0.2) is 49.6 Å². The Morgan fingerprint density at radius 3 is 2.55 bits per heavy atom. The van der Waals surface area contributed by atoms with E-state index in [-0.39, 0.29) is 11.9 Å². The standard InChI is InChI=1S/C26H35N3O2/c1-21-10-12-22(13-11-21)19-29-23(20-31-25-9-5-4-8-24(25)29)18-26(30)27-14-17-28-15-6-2-3-7-16-28/h4-5,8-13,23H,2-3,6-7,14-20H2,1H3,(H,27,30)/t23-/m1/s1. The molecule has 0 saturated carbocycles. The third-order valence-corrected chi connectivity index (χ3v) is 6.39. The van der Waals surface area contributed by atoms with E-state index in [0.29, 0.717) is 13.0 Å². The Morgan fingerprint density at radius 2 is 1.77 bits per heavy atom. The number of aryl methyl sites for hydroxylation is 1. The van der Waals surface area contributed by atoms with Gasteiger partial charge in [0.2, 0.25) is 5.91 Å². The highest BCUT2D eigenvalue weighted by atomic mass is 16.5. The van der Waals surface area contributed by atoms with Gasteiger partial charge in [0.15, 0.2) is 0 Å². The number of anilines is 1. The fourth-order valence-electron chi connectivity index (χ4n) is 4.56. The largest absolute Gasteiger partial charge is 0.489 e. The van der Waals surface area contributed by atoms with Crippen LogP contribution in [0.15, 0.2) is 48.5 Å². The highest BCUT2D eigenvalue weighted by molar-refractivity contribution is 5.77. The van der Waals surface area contributed by atoms with Crippen LogP contribution in [0.3, 0.4) is 0 Å². The number of amides is 1. The zero-order valence-corrected chi connectivity index (χ0v) is 18.7. The second-order valence-corrected chi connectivity index (χ2v) is 8.86. The molecule has 31 heavy (non-hydrogen) atoms. The number of carbonyl (C=O) groups excluding carboxylic acids is 1. The molecule has 1 N–H and O–H groups in total. The lowest BCUT2D eigenvalue weighted by Crippen LogP contribution is -2.46. The SMILES string of the molecule is Cc1ccc(CN2c3ccccc3OC[C@H]2CC(=O)NCCN2CCCCCC2)cc1. The topological polar surface area (TPSA) is 44.8 Å². The zero-order chi connectivity index (χ0) is 21.5. The number of hydrogen-bond acceptors (Lipinski definition) is 4. The molecule has 1 saturated heterocycles. The average Bonchev–Trinajstić information content (AvgIpc) is 3.06. The third-order valence-electron chi connectivity index (χ3n) is 6.39. The minimum atomic E-state index is 0.0226. The van der Waals surface area contributed by atoms with Crippen LogP contribution in [0.5, 0.6) is 5.75 Å². The molecule has 2 heterocycles. The van der Waals surface area contributed by atoms with Crippen molar-refractivity contribution in [2.24, 2.45) is 0 Å². The Morgan fingerprint density at radius 1 is 1.03 bits per heavy atom. The Balaban J connectivity index is 1.37. The molecule has 0 radical (unpaired) electrons. The van der Waals surface area contributed by atoms with Crippen LogP contribution in [0.25, 0.3) is 0 Å². The predicted molar refractivity (Wildman–Crippen MR) is 126 cm³/mol. The van der Waals surface area contributed by atoms with Crippen LogP contribution in [-0.2, 0) is 11.3 Å². The van der Waals surface area contributed by atoms with E-state index in [4.69, 9.17) is 4.74 Å². The number of nitrogens with one attached hydrogen (secondary N) is 1. The Labute approximate surface area is 186 Å². The molecule has 5 nitrogen and oxygen atoms in total. The van der Waals surface area contributed by atoms with Crippen LogP contribution >= 0.6 is 0 Å². The van der Waals surface area contributed by atoms with Gasteiger partial charge in [0.05, 0.1) is 18.2 Å². The van der Waals surface area contributed by atoms with Crippen LogP contribution in [0.2, 0.25) is 0 Å². The first-order chi connectivity index (χ1) is 15.2. The summed E-state index contributed by atoms with van der Waals surface area (Å²) < 4.78 is 6.01. The first-order valence-electron chi connectivity index (χ1n) is 11.7. The van der Waals surface area contributed by atoms with Crippen LogP contribution < -0.4 is 15.0 Å². The summed E-state index contributed by atoms with van der Waals surface area (Å²) in [5.74, 6) is 1.00. The number of para-hydroxylation sites is 2. The highest BCUT2D eigenvalue weighted by Gasteiger charge is 2.29. The molecule has 1 fully saturated rings. The van der Waals surface area contributed by atoms with Crippen molar-refractivity contribution in [2.45, 2.75) is 51.6 Å². The number of benzene rings is 2. The maximum absolute atomic E-state index is 12.8. The summed E-state index contributed by atoms with van der Waals surface area (Å²) in [5.41, 5.74) is 3.57. The molecule has 5 heteroatoms. The van der Waals surface area contributed by atoms with E-state index in [1.54, 1.807) is 0 Å². The molecule has 2 aliphatic rings. The fraction of sp³-hybridized carbons (Fsp3) is 0.500. The van der Waals surface area contributed by atoms with Gasteiger partial charge in [-0.25, -0.2) is 0 Å². The van der Waals surface area contributed by atoms with Gasteiger partial charge in [-0.2, -0.15) is 0 Å². The number of carbonyl (C=O) groups is 1. The summed E-state index contributed by atoms with van der Waals surface area (Å²) in [7, 11) is 0. The van der Waals surface area contributed by atoms with Crippen molar-refractivity contribution in [2.75, 3.05) is 37.7 Å². The lowest BCUT2D eigenvalue weighted by Gasteiger charge is -2.38. The molecule has 2 aliphatic heterocycles. The van der Waals surface area contributed by atoms with Gasteiger partial charge in [0.25, 0.3) is 0 Å². The molecular formula is C26H35N3O2. The van der Waals surface area contributed by atoms with Crippen LogP contribution in [0.1, 0.15) is 43.2 Å². The summed E-state index contributed by atoms with van der Waals surface area (Å²) in [6, 6.07) is 16.8. The molecule has 0 spiro atoms. The number of likely N-dealkylation sites (tertiary alicyclic amines) is 1. The molecular weight excluding hydrogens is 386 g/mol. The number of fused-ring (bicyclic) bond motifs is 1. The van der Waals surface area contributed by atoms with E-state index in [9.17, 15) is 4.79 Å². The molecule has 1 atom stereocenters. The van der Waals surface area contributed by atoms with Crippen molar-refractivity contribution in [3.8, 4) is 5.75 Å². The molecule has 0 aromatic heterocycles. The van der Waals surface area contributed by atoms with E-state index in [1.807, 2.05) is 18.2 Å². The Kier molecular flexibility index (Phi) is 7.47. The van der Waals surface area contributed by atoms with Gasteiger partial charge in [-0.3, -0.25) is 4.79 Å². The number of ether oxygens (including phenoxy) is 1. The summed E-state index contributed by atoms with van der Waals surface area (Å²) >= 11 is 0. The van der Waals surface area contributed by atoms with Crippen molar-refractivity contribution >= 4 is 11.6 Å². The number of rotatable bonds is 7. The Hall–Kier alpha value is -2.53. The van der Waals surface area contributed by atoms with Gasteiger partial charge in [-0.05, 0) is 50.6 Å². The third kappa shape index (κ3) is 6.01. The lowest BCUT2D eigenvalue weighted by atomic mass is 10.1. The minimum Gasteiger partial charge on any atom is -0.489 e. The average molecular weight is 422 g/mol. The summed E-state index contributed by atoms with van der Waals surface area (Å²) in [5, 5.41) is 3.15. The van der Waals surface area contributed by atoms with Gasteiger partial charge in [-0.15, -0.1) is 0 Å². The summed E-state index contributed by atoms with van der Waals surface area (Å²) in [6.45, 7) is 7.39. The fourth-order valence-corrected chi connectivity index (χ4v) is 4.56. The van der Waals surface area contributed by atoms with Gasteiger partial charge >= 0.3 is 0 Å². The quantitative estimate of drug-likeness (QED) is 0.730. The van der Waals surface area contributed by atoms with E-state index in [0.717, 1.165) is 44.2 Å². The molecule has 0 aliphatic carbocycles. The zero-order valence-electron chi connectivity index (χ0n) is 18.7. The van der Waals surface area contributed by atoms with Gasteiger partial charge in [-0.1, -0.05) is 54.8 Å². The molecule has 0 unspecified atom stereocenters. The maximum Gasteiger partial charge on any atom is 0.222 e. The molecule has 166 valence electrons. The van der Waals surface area contributed by atoms with Gasteiger partial charge in [0.1, 0.15) is 12.4 Å². The number of nitrogens with zero attached hydrogens (tertiary/aromatic N) is 2. The first kappa shape index (κ1) is 21.7. The number of hydrogen-bond donors (Lipinski definition) is 1. The molecule has 1 amide bonds. The summed E-state index contributed by atoms with van der Waals surface area (Å²) in [6.07, 6.45) is 5.67. The van der Waals surface area contributed by atoms with E-state index in [1.165, 1.54) is 36.8 Å². The van der Waals surface area contributed by atoms with Crippen LogP contribution in [0, 0.1) is 6.92 Å². The van der Waals surface area contributed by atoms with E-state index >= 15 is 0 Å². The van der Waals surface area contributed by atoms with Crippen molar-refractivity contribution in [3.63, 3.8) is 0 Å². The van der Waals surface area contributed by atoms with Crippen molar-refractivity contribution in [1.29, 1.82) is 0 Å². The van der Waals surface area contributed by atoms with E-state index in [2.05, 4.69) is 52.4 Å². The molecule has 2 aromatic rings. The predicted octanol–water partition coefficient (Wildman–Crippen LogP) is 4.14. The van der Waals surface area contributed by atoms with Crippen molar-refractivity contribution < 1.29 is 9.53 Å². The first-order valence-corrected chi connectivity index (χ1v) is 11.7. The second-order valence-electron chi connectivity index (χ2n) is 8.86. The molecule has 2 aromatic carbocycles. The van der Waals surface area contributed by atoms with Crippen LogP contribution in [0.4, 0.5) is 5.69 Å². The second kappa shape index (κ2) is 10.7. The normalized spacial score (nSPS) is 19.3. The van der Waals surface area contributed by atoms with Gasteiger partial charge in [0, 0.05) is 19.6 Å². The Bertz CT molecular complexity index is 844. The minimum absolute atomic E-state index is 0.0226. The molecule has 4 rings (SSSR count). The molecule has 0 bridgehead atoms. The summed E-state index contributed by atoms with van der Waals surface area (Å²) in [4.78, 5) is 17.6. The van der Waals surface area contributed by atoms with Crippen molar-refractivity contribution in [3.05, 3.63) is 59.7 Å².